The number of aromatic amines is 1. The van der Waals surface area contributed by atoms with E-state index in [0.29, 0.717) is 28.0 Å². The van der Waals surface area contributed by atoms with Crippen molar-refractivity contribution in [3.63, 3.8) is 0 Å². The third kappa shape index (κ3) is 6.66. The summed E-state index contributed by atoms with van der Waals surface area (Å²) in [5, 5.41) is 26.1. The van der Waals surface area contributed by atoms with E-state index in [4.69, 9.17) is 21.7 Å². The highest BCUT2D eigenvalue weighted by Gasteiger charge is 2.60. The van der Waals surface area contributed by atoms with Crippen LogP contribution < -0.4 is 10.6 Å². The lowest BCUT2D eigenvalue weighted by Crippen LogP contribution is -2.50. The van der Waals surface area contributed by atoms with Crippen molar-refractivity contribution in [1.29, 1.82) is 5.41 Å². The molecule has 0 unspecified atom stereocenters. The zero-order valence-electron chi connectivity index (χ0n) is 28.1. The average Bonchev–Trinajstić information content (AvgIpc) is 3.88. The predicted molar refractivity (Wildman–Crippen MR) is 181 cm³/mol. The molecule has 0 spiro atoms. The summed E-state index contributed by atoms with van der Waals surface area (Å²) < 4.78 is 51.1. The summed E-state index contributed by atoms with van der Waals surface area (Å²) in [4.78, 5) is 33.0. The molecule has 2 amide bonds. The van der Waals surface area contributed by atoms with Gasteiger partial charge in [-0.2, -0.15) is 23.4 Å². The molecule has 12 nitrogen and oxygen atoms in total. The van der Waals surface area contributed by atoms with Gasteiger partial charge in [-0.1, -0.05) is 55.8 Å². The van der Waals surface area contributed by atoms with E-state index in [1.165, 1.54) is 6.33 Å². The largest absolute Gasteiger partial charge is 0.447 e. The molecule has 268 valence electrons. The van der Waals surface area contributed by atoms with E-state index in [1.807, 2.05) is 17.8 Å². The number of nitrogens with one attached hydrogen (secondary N) is 4. The van der Waals surface area contributed by atoms with Gasteiger partial charge in [0.15, 0.2) is 11.8 Å². The number of rotatable bonds is 11. The predicted octanol–water partition coefficient (Wildman–Crippen LogP) is 6.88. The third-order valence-electron chi connectivity index (χ3n) is 10.00. The summed E-state index contributed by atoms with van der Waals surface area (Å²) in [6.07, 6.45) is 2.50. The molecule has 0 radical (unpaired) electrons. The number of alkyl halides is 3. The molecule has 1 saturated heterocycles. The number of hydrogen-bond donors (Lipinski definition) is 4. The van der Waals surface area contributed by atoms with Crippen molar-refractivity contribution < 1.29 is 27.5 Å². The monoisotopic (exact) mass is 723 g/mol. The quantitative estimate of drug-likeness (QED) is 0.132. The Labute approximate surface area is 296 Å². The number of H-pyrrole nitrogens is 1. The second kappa shape index (κ2) is 12.4. The minimum atomic E-state index is -4.68. The van der Waals surface area contributed by atoms with Crippen molar-refractivity contribution in [3.05, 3.63) is 77.3 Å². The lowest BCUT2D eigenvalue weighted by molar-refractivity contribution is -0.218. The Hall–Kier alpha value is -4.92. The molecule has 2 atom stereocenters. The Morgan fingerprint density at radius 2 is 1.88 bits per heavy atom. The summed E-state index contributed by atoms with van der Waals surface area (Å²) in [6.45, 7) is 3.52. The van der Waals surface area contributed by atoms with Crippen LogP contribution in [0.5, 0.6) is 0 Å². The van der Waals surface area contributed by atoms with E-state index < -0.39 is 59.7 Å². The van der Waals surface area contributed by atoms with E-state index >= 15 is 0 Å². The Morgan fingerprint density at radius 3 is 2.51 bits per heavy atom. The molecule has 0 bridgehead atoms. The summed E-state index contributed by atoms with van der Waals surface area (Å²) in [7, 11) is 0. The number of hydrogen-bond acceptors (Lipinski definition) is 7. The highest BCUT2D eigenvalue weighted by molar-refractivity contribution is 6.33. The molecule has 2 saturated carbocycles. The first kappa shape index (κ1) is 34.5. The van der Waals surface area contributed by atoms with Gasteiger partial charge >= 0.3 is 12.3 Å². The van der Waals surface area contributed by atoms with Crippen molar-refractivity contribution in [2.45, 2.75) is 82.2 Å². The van der Waals surface area contributed by atoms with Crippen LogP contribution in [0.15, 0.2) is 61.2 Å². The summed E-state index contributed by atoms with van der Waals surface area (Å²) in [6, 6.07) is 10.7. The second-order valence-electron chi connectivity index (χ2n) is 14.5. The Bertz CT molecular complexity index is 1970. The van der Waals surface area contributed by atoms with Crippen molar-refractivity contribution in [2.75, 3.05) is 6.61 Å². The minimum absolute atomic E-state index is 0.243. The summed E-state index contributed by atoms with van der Waals surface area (Å²) in [5.74, 6) is -0.934. The van der Waals surface area contributed by atoms with Crippen LogP contribution >= 0.6 is 11.6 Å². The fraction of sp³-hybridized carbons (Fsp3) is 0.429. The molecular weight excluding hydrogens is 687 g/mol. The van der Waals surface area contributed by atoms with Gasteiger partial charge in [0.2, 0.25) is 0 Å². The van der Waals surface area contributed by atoms with Gasteiger partial charge in [-0.15, -0.1) is 0 Å². The van der Waals surface area contributed by atoms with Crippen LogP contribution in [0.3, 0.4) is 0 Å². The first-order valence-electron chi connectivity index (χ1n) is 16.6. The SMILES string of the molecule is CC1(NC(=O)OC[C@H](c2ccc(Cl)c(-c3ncn[nH]3)c2)N2C(=N)N[C@](CC(C)(C)C(F)(F)F)(c3ccc(-c4cnn(C5CC5)c4)cc3)C2=O)CC1. The van der Waals surface area contributed by atoms with Crippen LogP contribution in [0, 0.1) is 10.8 Å². The number of benzene rings is 2. The van der Waals surface area contributed by atoms with Gasteiger partial charge in [0, 0.05) is 22.9 Å². The number of guanidine groups is 1. The summed E-state index contributed by atoms with van der Waals surface area (Å²) in [5.41, 5.74) is -2.10. The van der Waals surface area contributed by atoms with E-state index in [0.717, 1.165) is 55.6 Å². The molecule has 3 fully saturated rings. The van der Waals surface area contributed by atoms with E-state index in [-0.39, 0.29) is 5.56 Å². The van der Waals surface area contributed by atoms with Gasteiger partial charge in [0.1, 0.15) is 18.5 Å². The standard InChI is InChI=1S/C35H37ClF3N9O3/c1-32(2,35(37,38)39)18-34(23-7-4-20(5-8-23)22-15-43-47(16-22)24-9-10-24)29(49)48(30(40)44-34)27(17-51-31(50)45-33(3)12-13-33)21-6-11-26(36)25(14-21)28-41-19-42-46-28/h4-8,11,14-16,19,24,27H,9-10,12-13,17-18H2,1-3H3,(H2,40,44)(H,45,50)(H,41,42,46)/t27-,34-/m1/s1. The second-order valence-corrected chi connectivity index (χ2v) is 14.9. The normalized spacial score (nSPS) is 20.6. The van der Waals surface area contributed by atoms with Gasteiger partial charge in [-0.05, 0) is 67.9 Å². The zero-order chi connectivity index (χ0) is 36.3. The first-order valence-corrected chi connectivity index (χ1v) is 17.0. The number of amides is 2. The fourth-order valence-electron chi connectivity index (χ4n) is 6.41. The van der Waals surface area contributed by atoms with Crippen LogP contribution in [-0.2, 0) is 15.1 Å². The van der Waals surface area contributed by atoms with E-state index in [1.54, 1.807) is 48.7 Å². The molecule has 2 aromatic heterocycles. The van der Waals surface area contributed by atoms with Gasteiger partial charge in [-0.3, -0.25) is 24.9 Å². The Balaban J connectivity index is 1.28. The van der Waals surface area contributed by atoms with Gasteiger partial charge in [-0.25, -0.2) is 9.78 Å². The van der Waals surface area contributed by atoms with Crippen molar-refractivity contribution in [3.8, 4) is 22.5 Å². The van der Waals surface area contributed by atoms with Gasteiger partial charge < -0.3 is 15.4 Å². The van der Waals surface area contributed by atoms with E-state index in [9.17, 15) is 22.8 Å². The molecule has 7 rings (SSSR count). The molecule has 3 heterocycles. The van der Waals surface area contributed by atoms with Crippen molar-refractivity contribution in [1.82, 2.24) is 40.5 Å². The lowest BCUT2D eigenvalue weighted by atomic mass is 9.73. The van der Waals surface area contributed by atoms with Crippen molar-refractivity contribution >= 4 is 29.6 Å². The summed E-state index contributed by atoms with van der Waals surface area (Å²) >= 11 is 6.50. The number of alkyl carbamates (subject to hydrolysis) is 1. The van der Waals surface area contributed by atoms with Crippen LogP contribution in [-0.4, -0.2) is 66.1 Å². The van der Waals surface area contributed by atoms with Gasteiger partial charge in [0.05, 0.1) is 28.7 Å². The van der Waals surface area contributed by atoms with Gasteiger partial charge in [0.25, 0.3) is 5.91 Å². The first-order chi connectivity index (χ1) is 24.1. The zero-order valence-corrected chi connectivity index (χ0v) is 28.9. The molecule has 2 aliphatic carbocycles. The molecule has 1 aliphatic heterocycles. The molecule has 2 aromatic carbocycles. The number of halogens is 4. The molecule has 4 N–H and O–H groups in total. The number of carbonyl (C=O) groups excluding carboxylic acids is 2. The fourth-order valence-corrected chi connectivity index (χ4v) is 6.62. The molecule has 51 heavy (non-hydrogen) atoms. The number of ether oxygens (including phenoxy) is 1. The number of aromatic nitrogens is 5. The Morgan fingerprint density at radius 1 is 1.16 bits per heavy atom. The van der Waals surface area contributed by atoms with Crippen LogP contribution in [0.2, 0.25) is 5.02 Å². The highest BCUT2D eigenvalue weighted by Crippen LogP contribution is 2.49. The Kier molecular flexibility index (Phi) is 8.39. The van der Waals surface area contributed by atoms with Crippen LogP contribution in [0.1, 0.15) is 76.1 Å². The van der Waals surface area contributed by atoms with Crippen molar-refractivity contribution in [2.24, 2.45) is 5.41 Å². The number of carbonyl (C=O) groups is 2. The van der Waals surface area contributed by atoms with Crippen LogP contribution in [0.25, 0.3) is 22.5 Å². The molecule has 4 aromatic rings. The third-order valence-corrected chi connectivity index (χ3v) is 10.3. The topological polar surface area (TPSA) is 154 Å². The number of nitrogens with zero attached hydrogens (tertiary/aromatic N) is 5. The van der Waals surface area contributed by atoms with Crippen LogP contribution in [0.4, 0.5) is 18.0 Å². The maximum atomic E-state index is 14.9. The smallest absolute Gasteiger partial charge is 0.407 e. The average molecular weight is 724 g/mol. The molecular formula is C35H37ClF3N9O3. The minimum Gasteiger partial charge on any atom is -0.447 e. The van der Waals surface area contributed by atoms with E-state index in [2.05, 4.69) is 30.9 Å². The maximum absolute atomic E-state index is 14.9. The maximum Gasteiger partial charge on any atom is 0.407 e. The lowest BCUT2D eigenvalue weighted by Gasteiger charge is -2.37. The molecule has 16 heteroatoms. The highest BCUT2D eigenvalue weighted by atomic mass is 35.5. The molecule has 3 aliphatic rings.